The molecule has 0 aromatic rings. The molecule has 0 aromatic heterocycles. The molecular formula is C14H26O3Si. The molecule has 0 bridgehead atoms. The van der Waals surface area contributed by atoms with Gasteiger partial charge in [0, 0.05) is 6.42 Å². The lowest BCUT2D eigenvalue weighted by Crippen LogP contribution is -2.44. The second kappa shape index (κ2) is 6.96. The van der Waals surface area contributed by atoms with Crippen LogP contribution in [-0.2, 0) is 14.0 Å². The second-order valence-corrected chi connectivity index (χ2v) is 10.7. The van der Waals surface area contributed by atoms with Gasteiger partial charge in [-0.2, -0.15) is 0 Å². The summed E-state index contributed by atoms with van der Waals surface area (Å²) in [5, 5.41) is 0.106. The van der Waals surface area contributed by atoms with Gasteiger partial charge in [-0.1, -0.05) is 20.8 Å². The first-order valence-electron chi connectivity index (χ1n) is 6.41. The molecule has 104 valence electrons. The van der Waals surface area contributed by atoms with Crippen molar-refractivity contribution in [3.05, 3.63) is 0 Å². The number of carbonyl (C=O) groups is 1. The van der Waals surface area contributed by atoms with Gasteiger partial charge >= 0.3 is 5.97 Å². The van der Waals surface area contributed by atoms with E-state index < -0.39 is 8.32 Å². The van der Waals surface area contributed by atoms with Gasteiger partial charge in [0.05, 0.1) is 19.1 Å². The summed E-state index contributed by atoms with van der Waals surface area (Å²) >= 11 is 0. The zero-order valence-electron chi connectivity index (χ0n) is 12.5. The van der Waals surface area contributed by atoms with E-state index in [0.29, 0.717) is 13.0 Å². The Balaban J connectivity index is 4.64. The van der Waals surface area contributed by atoms with Gasteiger partial charge in [0.25, 0.3) is 0 Å². The van der Waals surface area contributed by atoms with E-state index in [1.807, 2.05) is 0 Å². The Hall–Kier alpha value is -0.793. The monoisotopic (exact) mass is 270 g/mol. The first kappa shape index (κ1) is 17.2. The summed E-state index contributed by atoms with van der Waals surface area (Å²) in [5.41, 5.74) is 0. The van der Waals surface area contributed by atoms with Crippen LogP contribution in [0.25, 0.3) is 0 Å². The minimum atomic E-state index is -1.90. The molecule has 0 radical (unpaired) electrons. The van der Waals surface area contributed by atoms with Crippen molar-refractivity contribution in [2.75, 3.05) is 6.61 Å². The van der Waals surface area contributed by atoms with E-state index in [0.717, 1.165) is 0 Å². The van der Waals surface area contributed by atoms with Crippen molar-refractivity contribution in [2.45, 2.75) is 64.8 Å². The lowest BCUT2D eigenvalue weighted by Gasteiger charge is -2.38. The fourth-order valence-electron chi connectivity index (χ4n) is 1.29. The van der Waals surface area contributed by atoms with Crippen LogP contribution in [0.2, 0.25) is 18.1 Å². The molecule has 0 aliphatic rings. The highest BCUT2D eigenvalue weighted by molar-refractivity contribution is 6.74. The second-order valence-electron chi connectivity index (χ2n) is 5.92. The fourth-order valence-corrected chi connectivity index (χ4v) is 2.64. The molecule has 0 amide bonds. The van der Waals surface area contributed by atoms with E-state index in [9.17, 15) is 4.79 Å². The van der Waals surface area contributed by atoms with Crippen LogP contribution >= 0.6 is 0 Å². The molecule has 1 atom stereocenters. The summed E-state index contributed by atoms with van der Waals surface area (Å²) < 4.78 is 11.1. The number of hydrogen-bond donors (Lipinski definition) is 0. The summed E-state index contributed by atoms with van der Waals surface area (Å²) in [6, 6.07) is 0. The zero-order valence-corrected chi connectivity index (χ0v) is 13.5. The molecule has 4 heteroatoms. The quantitative estimate of drug-likeness (QED) is 0.422. The normalized spacial score (nSPS) is 13.8. The van der Waals surface area contributed by atoms with E-state index in [1.165, 1.54) is 0 Å². The summed E-state index contributed by atoms with van der Waals surface area (Å²) in [6.07, 6.45) is 5.80. The molecule has 3 nitrogen and oxygen atoms in total. The van der Waals surface area contributed by atoms with Crippen LogP contribution in [0, 0.1) is 12.3 Å². The van der Waals surface area contributed by atoms with Crippen LogP contribution in [0.4, 0.5) is 0 Å². The number of esters is 1. The maximum atomic E-state index is 11.5. The average Bonchev–Trinajstić information content (AvgIpc) is 2.15. The Morgan fingerprint density at radius 3 is 2.33 bits per heavy atom. The Morgan fingerprint density at radius 2 is 1.94 bits per heavy atom. The number of rotatable bonds is 6. The van der Waals surface area contributed by atoms with Crippen molar-refractivity contribution in [1.82, 2.24) is 0 Å². The molecule has 0 fully saturated rings. The van der Waals surface area contributed by atoms with Crippen molar-refractivity contribution in [3.8, 4) is 12.3 Å². The number of terminal acetylenes is 1. The molecule has 18 heavy (non-hydrogen) atoms. The predicted octanol–water partition coefficient (Wildman–Crippen LogP) is 3.35. The van der Waals surface area contributed by atoms with Gasteiger partial charge in [-0.3, -0.25) is 4.79 Å². The van der Waals surface area contributed by atoms with E-state index in [4.69, 9.17) is 15.6 Å². The Labute approximate surface area is 112 Å². The van der Waals surface area contributed by atoms with Crippen LogP contribution in [-0.4, -0.2) is 27.0 Å². The molecule has 0 aliphatic heterocycles. The molecule has 0 saturated heterocycles. The summed E-state index contributed by atoms with van der Waals surface area (Å²) in [5.74, 6) is 2.34. The predicted molar refractivity (Wildman–Crippen MR) is 76.8 cm³/mol. The van der Waals surface area contributed by atoms with Crippen LogP contribution < -0.4 is 0 Å². The molecule has 1 unspecified atom stereocenters. The van der Waals surface area contributed by atoms with Crippen LogP contribution in [0.5, 0.6) is 0 Å². The van der Waals surface area contributed by atoms with Crippen molar-refractivity contribution >= 4 is 14.3 Å². The number of ether oxygens (including phenoxy) is 1. The largest absolute Gasteiger partial charge is 0.466 e. The smallest absolute Gasteiger partial charge is 0.308 e. The van der Waals surface area contributed by atoms with E-state index in [2.05, 4.69) is 39.8 Å². The van der Waals surface area contributed by atoms with Gasteiger partial charge in [-0.05, 0) is 25.1 Å². The molecule has 0 N–H and O–H groups in total. The maximum absolute atomic E-state index is 11.5. The standard InChI is InChI=1S/C14H26O3Si/c1-8-10-12(11-13(15)16-9-2)17-18(6,7)14(3,4)5/h1,12H,9-11H2,2-7H3. The van der Waals surface area contributed by atoms with Crippen LogP contribution in [0.1, 0.15) is 40.5 Å². The first-order valence-corrected chi connectivity index (χ1v) is 9.31. The van der Waals surface area contributed by atoms with Crippen molar-refractivity contribution in [2.24, 2.45) is 0 Å². The minimum Gasteiger partial charge on any atom is -0.466 e. The highest BCUT2D eigenvalue weighted by atomic mass is 28.4. The van der Waals surface area contributed by atoms with Crippen LogP contribution in [0.3, 0.4) is 0 Å². The lowest BCUT2D eigenvalue weighted by molar-refractivity contribution is -0.145. The first-order chi connectivity index (χ1) is 8.14. The SMILES string of the molecule is C#CCC(CC(=O)OCC)O[Si](C)(C)C(C)(C)C. The number of carbonyl (C=O) groups excluding carboxylic acids is 1. The third-order valence-electron chi connectivity index (χ3n) is 3.31. The van der Waals surface area contributed by atoms with E-state index in [1.54, 1.807) is 6.92 Å². The fraction of sp³-hybridized carbons (Fsp3) is 0.786. The molecular weight excluding hydrogens is 244 g/mol. The Morgan fingerprint density at radius 1 is 1.39 bits per heavy atom. The highest BCUT2D eigenvalue weighted by Gasteiger charge is 2.39. The Kier molecular flexibility index (Phi) is 6.65. The van der Waals surface area contributed by atoms with Crippen molar-refractivity contribution in [3.63, 3.8) is 0 Å². The number of hydrogen-bond acceptors (Lipinski definition) is 3. The molecule has 0 heterocycles. The Bertz CT molecular complexity index is 310. The third kappa shape index (κ3) is 5.70. The molecule has 0 aliphatic carbocycles. The molecule has 0 aromatic carbocycles. The summed E-state index contributed by atoms with van der Waals surface area (Å²) in [7, 11) is -1.90. The lowest BCUT2D eigenvalue weighted by atomic mass is 10.2. The molecule has 0 saturated carbocycles. The van der Waals surface area contributed by atoms with Gasteiger partial charge in [0.15, 0.2) is 8.32 Å². The minimum absolute atomic E-state index is 0.106. The average molecular weight is 270 g/mol. The van der Waals surface area contributed by atoms with Crippen LogP contribution in [0.15, 0.2) is 0 Å². The van der Waals surface area contributed by atoms with Gasteiger partial charge < -0.3 is 9.16 Å². The highest BCUT2D eigenvalue weighted by Crippen LogP contribution is 2.37. The third-order valence-corrected chi connectivity index (χ3v) is 7.85. The van der Waals surface area contributed by atoms with Crippen molar-refractivity contribution in [1.29, 1.82) is 0 Å². The summed E-state index contributed by atoms with van der Waals surface area (Å²) in [6.45, 7) is 13.0. The van der Waals surface area contributed by atoms with Gasteiger partial charge in [0.2, 0.25) is 0 Å². The van der Waals surface area contributed by atoms with Gasteiger partial charge in [-0.15, -0.1) is 12.3 Å². The molecule has 0 spiro atoms. The van der Waals surface area contributed by atoms with Crippen molar-refractivity contribution < 1.29 is 14.0 Å². The zero-order chi connectivity index (χ0) is 14.4. The van der Waals surface area contributed by atoms with E-state index in [-0.39, 0.29) is 23.5 Å². The van der Waals surface area contributed by atoms with E-state index >= 15 is 0 Å². The maximum Gasteiger partial charge on any atom is 0.308 e. The summed E-state index contributed by atoms with van der Waals surface area (Å²) in [4.78, 5) is 11.5. The van der Waals surface area contributed by atoms with Gasteiger partial charge in [-0.25, -0.2) is 0 Å². The topological polar surface area (TPSA) is 35.5 Å². The van der Waals surface area contributed by atoms with Gasteiger partial charge in [0.1, 0.15) is 0 Å². The molecule has 0 rings (SSSR count).